The summed E-state index contributed by atoms with van der Waals surface area (Å²) in [6.07, 6.45) is -2.55. The number of carbonyl (C=O) groups excluding carboxylic acids is 1. The highest BCUT2D eigenvalue weighted by molar-refractivity contribution is 14.1. The Labute approximate surface area is 102 Å². The summed E-state index contributed by atoms with van der Waals surface area (Å²) >= 11 is 5.09. The van der Waals surface area contributed by atoms with Crippen LogP contribution >= 0.6 is 38.5 Å². The lowest BCUT2D eigenvalue weighted by Gasteiger charge is -2.06. The summed E-state index contributed by atoms with van der Waals surface area (Å²) in [5.41, 5.74) is 0.192. The van der Waals surface area contributed by atoms with Gasteiger partial charge in [-0.05, 0) is 57.6 Å². The van der Waals surface area contributed by atoms with E-state index in [2.05, 4.69) is 15.9 Å². The molecular formula is C9H6BrF2IO. The number of hydrogen-bond acceptors (Lipinski definition) is 1. The molecule has 0 aliphatic rings. The molecule has 14 heavy (non-hydrogen) atoms. The number of carbonyl (C=O) groups is 1. The maximum absolute atomic E-state index is 12.4. The molecule has 0 saturated carbocycles. The van der Waals surface area contributed by atoms with Gasteiger partial charge in [0.2, 0.25) is 0 Å². The molecular weight excluding hydrogens is 369 g/mol. The van der Waals surface area contributed by atoms with Gasteiger partial charge in [-0.25, -0.2) is 8.78 Å². The second-order valence-corrected chi connectivity index (χ2v) is 4.65. The summed E-state index contributed by atoms with van der Waals surface area (Å²) in [7, 11) is 0. The summed E-state index contributed by atoms with van der Waals surface area (Å²) in [5, 5.41) is 0. The zero-order valence-corrected chi connectivity index (χ0v) is 10.9. The van der Waals surface area contributed by atoms with E-state index < -0.39 is 6.43 Å². The Kier molecular flexibility index (Phi) is 4.00. The molecule has 0 atom stereocenters. The van der Waals surface area contributed by atoms with Gasteiger partial charge in [0.1, 0.15) is 0 Å². The molecule has 0 fully saturated rings. The van der Waals surface area contributed by atoms with Crippen molar-refractivity contribution >= 4 is 44.3 Å². The van der Waals surface area contributed by atoms with E-state index in [0.29, 0.717) is 13.6 Å². The van der Waals surface area contributed by atoms with Crippen LogP contribution < -0.4 is 0 Å². The number of ketones is 1. The molecule has 5 heteroatoms. The molecule has 0 spiro atoms. The van der Waals surface area contributed by atoms with Crippen LogP contribution in [0.1, 0.15) is 29.3 Å². The number of benzene rings is 1. The van der Waals surface area contributed by atoms with Crippen LogP contribution in [-0.2, 0) is 0 Å². The van der Waals surface area contributed by atoms with E-state index in [1.165, 1.54) is 19.1 Å². The first kappa shape index (κ1) is 12.0. The molecule has 0 N–H and O–H groups in total. The minimum absolute atomic E-state index is 0.137. The van der Waals surface area contributed by atoms with Crippen LogP contribution in [-0.4, -0.2) is 5.78 Å². The predicted molar refractivity (Wildman–Crippen MR) is 61.8 cm³/mol. The Morgan fingerprint density at radius 3 is 2.50 bits per heavy atom. The summed E-state index contributed by atoms with van der Waals surface area (Å²) in [6.45, 7) is 1.36. The third kappa shape index (κ3) is 2.50. The Bertz CT molecular complexity index is 379. The van der Waals surface area contributed by atoms with Crippen LogP contribution in [0.5, 0.6) is 0 Å². The molecule has 0 unspecified atom stereocenters. The van der Waals surface area contributed by atoms with E-state index in [0.717, 1.165) is 0 Å². The van der Waals surface area contributed by atoms with Crippen LogP contribution in [0.4, 0.5) is 8.78 Å². The fourth-order valence-corrected chi connectivity index (χ4v) is 2.16. The van der Waals surface area contributed by atoms with Crippen molar-refractivity contribution in [3.8, 4) is 0 Å². The second kappa shape index (κ2) is 4.65. The Hall–Kier alpha value is -0.0400. The summed E-state index contributed by atoms with van der Waals surface area (Å²) in [6, 6.07) is 2.57. The fourth-order valence-electron chi connectivity index (χ4n) is 0.992. The van der Waals surface area contributed by atoms with Crippen molar-refractivity contribution in [3.05, 3.63) is 31.3 Å². The summed E-state index contributed by atoms with van der Waals surface area (Å²) in [4.78, 5) is 11.1. The molecule has 0 bridgehead atoms. The normalized spacial score (nSPS) is 10.7. The Morgan fingerprint density at radius 2 is 2.07 bits per heavy atom. The molecule has 0 saturated heterocycles. The molecule has 0 amide bonds. The van der Waals surface area contributed by atoms with Gasteiger partial charge in [-0.1, -0.05) is 0 Å². The smallest absolute Gasteiger partial charge is 0.263 e. The molecule has 76 valence electrons. The minimum atomic E-state index is -2.55. The highest BCUT2D eigenvalue weighted by Crippen LogP contribution is 2.29. The van der Waals surface area contributed by atoms with Gasteiger partial charge >= 0.3 is 0 Å². The number of alkyl halides is 2. The van der Waals surface area contributed by atoms with Crippen LogP contribution in [0.25, 0.3) is 0 Å². The SMILES string of the molecule is CC(=O)c1cc(C(F)F)cc(Br)c1I. The monoisotopic (exact) mass is 374 g/mol. The first-order chi connectivity index (χ1) is 6.43. The fraction of sp³-hybridized carbons (Fsp3) is 0.222. The summed E-state index contributed by atoms with van der Waals surface area (Å²) in [5.74, 6) is -0.211. The first-order valence-corrected chi connectivity index (χ1v) is 5.58. The molecule has 1 rings (SSSR count). The van der Waals surface area contributed by atoms with Gasteiger partial charge in [0.25, 0.3) is 6.43 Å². The quantitative estimate of drug-likeness (QED) is 0.560. The third-order valence-electron chi connectivity index (χ3n) is 1.68. The van der Waals surface area contributed by atoms with Crippen molar-refractivity contribution in [2.75, 3.05) is 0 Å². The Morgan fingerprint density at radius 1 is 1.50 bits per heavy atom. The lowest BCUT2D eigenvalue weighted by atomic mass is 10.1. The van der Waals surface area contributed by atoms with Gasteiger partial charge in [-0.15, -0.1) is 0 Å². The van der Waals surface area contributed by atoms with Crippen LogP contribution in [0.2, 0.25) is 0 Å². The third-order valence-corrected chi connectivity index (χ3v) is 4.21. The highest BCUT2D eigenvalue weighted by atomic mass is 127. The van der Waals surface area contributed by atoms with Gasteiger partial charge in [-0.3, -0.25) is 4.79 Å². The number of hydrogen-bond donors (Lipinski definition) is 0. The minimum Gasteiger partial charge on any atom is -0.294 e. The van der Waals surface area contributed by atoms with E-state index in [4.69, 9.17) is 0 Å². The average Bonchev–Trinajstić information content (AvgIpc) is 2.08. The molecule has 0 aromatic heterocycles. The maximum atomic E-state index is 12.4. The van der Waals surface area contributed by atoms with E-state index in [9.17, 15) is 13.6 Å². The standard InChI is InChI=1S/C9H6BrF2IO/c1-4(14)6-2-5(9(11)12)3-7(10)8(6)13/h2-3,9H,1H3. The van der Waals surface area contributed by atoms with Gasteiger partial charge in [0.15, 0.2) is 5.78 Å². The van der Waals surface area contributed by atoms with Crippen molar-refractivity contribution < 1.29 is 13.6 Å². The highest BCUT2D eigenvalue weighted by Gasteiger charge is 2.15. The van der Waals surface area contributed by atoms with Gasteiger partial charge < -0.3 is 0 Å². The van der Waals surface area contributed by atoms with E-state index >= 15 is 0 Å². The molecule has 0 heterocycles. The first-order valence-electron chi connectivity index (χ1n) is 3.71. The van der Waals surface area contributed by atoms with E-state index in [1.54, 1.807) is 0 Å². The summed E-state index contributed by atoms with van der Waals surface area (Å²) < 4.78 is 26.0. The Balaban J connectivity index is 3.35. The number of halogens is 4. The molecule has 0 aliphatic carbocycles. The predicted octanol–water partition coefficient (Wildman–Crippen LogP) is 4.19. The molecule has 1 aromatic rings. The second-order valence-electron chi connectivity index (χ2n) is 2.72. The van der Waals surface area contributed by atoms with E-state index in [1.807, 2.05) is 22.6 Å². The van der Waals surface area contributed by atoms with Crippen LogP contribution in [0.3, 0.4) is 0 Å². The van der Waals surface area contributed by atoms with Crippen LogP contribution in [0, 0.1) is 3.57 Å². The van der Waals surface area contributed by atoms with Gasteiger partial charge in [0.05, 0.1) is 0 Å². The number of rotatable bonds is 2. The van der Waals surface area contributed by atoms with Crippen molar-refractivity contribution in [2.45, 2.75) is 13.3 Å². The zero-order chi connectivity index (χ0) is 10.9. The van der Waals surface area contributed by atoms with Gasteiger partial charge in [-0.2, -0.15) is 0 Å². The molecule has 1 aromatic carbocycles. The molecule has 0 radical (unpaired) electrons. The topological polar surface area (TPSA) is 17.1 Å². The molecule has 0 aliphatic heterocycles. The van der Waals surface area contributed by atoms with Crippen molar-refractivity contribution in [1.82, 2.24) is 0 Å². The largest absolute Gasteiger partial charge is 0.294 e. The van der Waals surface area contributed by atoms with Crippen molar-refractivity contribution in [3.63, 3.8) is 0 Å². The van der Waals surface area contributed by atoms with Crippen LogP contribution in [0.15, 0.2) is 16.6 Å². The zero-order valence-electron chi connectivity index (χ0n) is 7.15. The number of Topliss-reactive ketones (excluding diaryl/α,β-unsaturated/α-hetero) is 1. The average molecular weight is 375 g/mol. The molecule has 1 nitrogen and oxygen atoms in total. The lowest BCUT2D eigenvalue weighted by Crippen LogP contribution is -1.99. The lowest BCUT2D eigenvalue weighted by molar-refractivity contribution is 0.101. The van der Waals surface area contributed by atoms with Crippen molar-refractivity contribution in [2.24, 2.45) is 0 Å². The maximum Gasteiger partial charge on any atom is 0.263 e. The van der Waals surface area contributed by atoms with Crippen molar-refractivity contribution in [1.29, 1.82) is 0 Å². The van der Waals surface area contributed by atoms with Gasteiger partial charge in [0, 0.05) is 19.2 Å². The van der Waals surface area contributed by atoms with E-state index in [-0.39, 0.29) is 11.3 Å².